The standard InChI is InChI=1S/C17H21N5O2.C7H14O/c1-11-6-14(16(18)22-19-2)8-15(21-11)17(24)20-9-12-4-3-5-13(7-12)10-23;8-6-7-4-2-1-3-5-7/h3-8,19,23H,9-10H2,1-2H3,(H2,18,22)(H,20,24);7-8H,1-6H2. The van der Waals surface area contributed by atoms with Crippen molar-refractivity contribution in [2.45, 2.75) is 52.2 Å². The Morgan fingerprint density at radius 1 is 1.16 bits per heavy atom. The van der Waals surface area contributed by atoms with Crippen molar-refractivity contribution in [3.63, 3.8) is 0 Å². The van der Waals surface area contributed by atoms with E-state index in [4.69, 9.17) is 15.9 Å². The first-order valence-corrected chi connectivity index (χ1v) is 11.0. The Morgan fingerprint density at radius 3 is 2.50 bits per heavy atom. The summed E-state index contributed by atoms with van der Waals surface area (Å²) >= 11 is 0. The summed E-state index contributed by atoms with van der Waals surface area (Å²) in [6, 6.07) is 10.7. The smallest absolute Gasteiger partial charge is 0.270 e. The predicted molar refractivity (Wildman–Crippen MR) is 126 cm³/mol. The lowest BCUT2D eigenvalue weighted by atomic mass is 9.90. The molecule has 0 radical (unpaired) electrons. The third-order valence-electron chi connectivity index (χ3n) is 5.32. The summed E-state index contributed by atoms with van der Waals surface area (Å²) in [5.41, 5.74) is 11.7. The minimum absolute atomic E-state index is 0.0331. The summed E-state index contributed by atoms with van der Waals surface area (Å²) in [5.74, 6) is 0.628. The van der Waals surface area contributed by atoms with Crippen molar-refractivity contribution < 1.29 is 15.0 Å². The van der Waals surface area contributed by atoms with E-state index >= 15 is 0 Å². The first-order valence-electron chi connectivity index (χ1n) is 11.0. The second kappa shape index (κ2) is 13.4. The first kappa shape index (κ1) is 25.3. The van der Waals surface area contributed by atoms with E-state index in [0.717, 1.165) is 11.1 Å². The molecule has 6 N–H and O–H groups in total. The van der Waals surface area contributed by atoms with Crippen LogP contribution in [0, 0.1) is 12.8 Å². The van der Waals surface area contributed by atoms with Crippen LogP contribution < -0.4 is 16.5 Å². The van der Waals surface area contributed by atoms with Gasteiger partial charge in [0.1, 0.15) is 5.69 Å². The number of amides is 1. The van der Waals surface area contributed by atoms with Crippen molar-refractivity contribution in [2.75, 3.05) is 13.7 Å². The molecule has 32 heavy (non-hydrogen) atoms. The van der Waals surface area contributed by atoms with Crippen LogP contribution in [0.1, 0.15) is 65.0 Å². The van der Waals surface area contributed by atoms with E-state index in [1.165, 1.54) is 32.1 Å². The van der Waals surface area contributed by atoms with Crippen molar-refractivity contribution in [1.29, 1.82) is 0 Å². The maximum Gasteiger partial charge on any atom is 0.270 e. The Kier molecular flexibility index (Phi) is 10.6. The highest BCUT2D eigenvalue weighted by Gasteiger charge is 2.12. The molecule has 8 nitrogen and oxygen atoms in total. The second-order valence-electron chi connectivity index (χ2n) is 7.95. The van der Waals surface area contributed by atoms with Gasteiger partial charge >= 0.3 is 0 Å². The third-order valence-corrected chi connectivity index (χ3v) is 5.32. The van der Waals surface area contributed by atoms with Gasteiger partial charge in [-0.3, -0.25) is 4.79 Å². The van der Waals surface area contributed by atoms with Crippen molar-refractivity contribution in [1.82, 2.24) is 15.7 Å². The van der Waals surface area contributed by atoms with Gasteiger partial charge in [0.25, 0.3) is 5.91 Å². The van der Waals surface area contributed by atoms with Gasteiger partial charge in [0.05, 0.1) is 6.61 Å². The van der Waals surface area contributed by atoms with E-state index in [2.05, 4.69) is 20.8 Å². The van der Waals surface area contributed by atoms with Gasteiger partial charge < -0.3 is 26.7 Å². The van der Waals surface area contributed by atoms with Gasteiger partial charge in [0.15, 0.2) is 5.84 Å². The van der Waals surface area contributed by atoms with Crippen molar-refractivity contribution >= 4 is 11.7 Å². The molecule has 0 saturated heterocycles. The SMILES string of the molecule is CN/N=C(\N)c1cc(C)nc(C(=O)NCc2cccc(CO)c2)c1.OCC1CCCCC1. The second-order valence-corrected chi connectivity index (χ2v) is 7.95. The highest BCUT2D eigenvalue weighted by atomic mass is 16.3. The number of nitrogens with zero attached hydrogens (tertiary/aromatic N) is 2. The number of hydrogen-bond acceptors (Lipinski definition) is 6. The zero-order chi connectivity index (χ0) is 23.3. The van der Waals surface area contributed by atoms with Crippen LogP contribution in [0.15, 0.2) is 41.5 Å². The molecule has 2 aromatic rings. The fourth-order valence-electron chi connectivity index (χ4n) is 3.60. The maximum absolute atomic E-state index is 12.3. The summed E-state index contributed by atoms with van der Waals surface area (Å²) < 4.78 is 0. The van der Waals surface area contributed by atoms with E-state index in [9.17, 15) is 4.79 Å². The number of aryl methyl sites for hydroxylation is 1. The molecule has 0 atom stereocenters. The van der Waals surface area contributed by atoms with E-state index < -0.39 is 0 Å². The van der Waals surface area contributed by atoms with Gasteiger partial charge in [0, 0.05) is 31.5 Å². The van der Waals surface area contributed by atoms with Crippen LogP contribution in [0.25, 0.3) is 0 Å². The number of hydrazone groups is 1. The van der Waals surface area contributed by atoms with Crippen LogP contribution in [0.5, 0.6) is 0 Å². The summed E-state index contributed by atoms with van der Waals surface area (Å²) in [6.07, 6.45) is 6.58. The average molecular weight is 442 g/mol. The molecule has 0 spiro atoms. The number of carbonyl (C=O) groups is 1. The number of hydrogen-bond donors (Lipinski definition) is 5. The molecule has 0 bridgehead atoms. The lowest BCUT2D eigenvalue weighted by Crippen LogP contribution is -2.25. The number of aromatic nitrogens is 1. The van der Waals surface area contributed by atoms with Crippen molar-refractivity contribution in [3.05, 3.63) is 64.5 Å². The number of rotatable bonds is 7. The number of benzene rings is 1. The fourth-order valence-corrected chi connectivity index (χ4v) is 3.60. The highest BCUT2D eigenvalue weighted by Crippen LogP contribution is 2.22. The summed E-state index contributed by atoms with van der Waals surface area (Å²) in [5, 5.41) is 24.6. The average Bonchev–Trinajstić information content (AvgIpc) is 2.83. The van der Waals surface area contributed by atoms with Gasteiger partial charge in [0.2, 0.25) is 0 Å². The van der Waals surface area contributed by atoms with Gasteiger partial charge in [-0.15, -0.1) is 0 Å². The normalized spacial score (nSPS) is 14.3. The molecule has 3 rings (SSSR count). The Balaban J connectivity index is 0.000000380. The van der Waals surface area contributed by atoms with Gasteiger partial charge in [-0.1, -0.05) is 43.5 Å². The van der Waals surface area contributed by atoms with Crippen LogP contribution in [0.3, 0.4) is 0 Å². The third kappa shape index (κ3) is 8.28. The maximum atomic E-state index is 12.3. The first-order chi connectivity index (χ1) is 15.5. The van der Waals surface area contributed by atoms with Gasteiger partial charge in [-0.05, 0) is 48.9 Å². The number of carbonyl (C=O) groups excluding carboxylic acids is 1. The molecular formula is C24H35N5O3. The molecule has 1 heterocycles. The molecule has 1 fully saturated rings. The topological polar surface area (TPSA) is 133 Å². The molecule has 1 aromatic carbocycles. The molecule has 1 amide bonds. The fraction of sp³-hybridized carbons (Fsp3) is 0.458. The number of amidine groups is 1. The minimum Gasteiger partial charge on any atom is -0.396 e. The molecule has 1 aromatic heterocycles. The lowest BCUT2D eigenvalue weighted by molar-refractivity contribution is 0.0945. The number of nitrogens with two attached hydrogens (primary N) is 1. The largest absolute Gasteiger partial charge is 0.396 e. The number of aliphatic hydroxyl groups is 2. The summed E-state index contributed by atoms with van der Waals surface area (Å²) in [4.78, 5) is 16.6. The summed E-state index contributed by atoms with van der Waals surface area (Å²) in [7, 11) is 1.65. The predicted octanol–water partition coefficient (Wildman–Crippen LogP) is 2.21. The Bertz CT molecular complexity index is 895. The van der Waals surface area contributed by atoms with Gasteiger partial charge in [-0.2, -0.15) is 5.10 Å². The zero-order valence-electron chi connectivity index (χ0n) is 19.0. The van der Waals surface area contributed by atoms with E-state index in [1.807, 2.05) is 24.3 Å². The van der Waals surface area contributed by atoms with E-state index in [1.54, 1.807) is 26.1 Å². The molecular weight excluding hydrogens is 406 g/mol. The monoisotopic (exact) mass is 441 g/mol. The van der Waals surface area contributed by atoms with Crippen LogP contribution in [-0.2, 0) is 13.2 Å². The van der Waals surface area contributed by atoms with Gasteiger partial charge in [-0.25, -0.2) is 4.98 Å². The zero-order valence-corrected chi connectivity index (χ0v) is 19.0. The molecule has 174 valence electrons. The Hall–Kier alpha value is -2.97. The molecule has 0 aliphatic heterocycles. The lowest BCUT2D eigenvalue weighted by Gasteiger charge is -2.18. The quantitative estimate of drug-likeness (QED) is 0.254. The van der Waals surface area contributed by atoms with Crippen molar-refractivity contribution in [3.8, 4) is 0 Å². The Morgan fingerprint density at radius 2 is 1.88 bits per heavy atom. The number of nitrogens with one attached hydrogen (secondary N) is 2. The van der Waals surface area contributed by atoms with Crippen LogP contribution in [0.2, 0.25) is 0 Å². The Labute approximate surface area is 190 Å². The number of aliphatic hydroxyl groups excluding tert-OH is 2. The van der Waals surface area contributed by atoms with Crippen LogP contribution in [0.4, 0.5) is 0 Å². The molecule has 1 aliphatic rings. The highest BCUT2D eigenvalue weighted by molar-refractivity contribution is 6.00. The molecule has 8 heteroatoms. The molecule has 1 aliphatic carbocycles. The number of pyridine rings is 1. The summed E-state index contributed by atoms with van der Waals surface area (Å²) in [6.45, 7) is 2.52. The minimum atomic E-state index is -0.299. The van der Waals surface area contributed by atoms with Crippen LogP contribution >= 0.6 is 0 Å². The molecule has 1 saturated carbocycles. The van der Waals surface area contributed by atoms with Crippen LogP contribution in [-0.4, -0.2) is 40.6 Å². The molecule has 0 unspecified atom stereocenters. The van der Waals surface area contributed by atoms with E-state index in [0.29, 0.717) is 30.3 Å². The van der Waals surface area contributed by atoms with Crippen molar-refractivity contribution in [2.24, 2.45) is 16.8 Å². The van der Waals surface area contributed by atoms with E-state index in [-0.39, 0.29) is 24.0 Å².